The van der Waals surface area contributed by atoms with Gasteiger partial charge in [0, 0.05) is 37.8 Å². The number of carbonyl (C=O) groups is 2. The molecule has 1 fully saturated rings. The summed E-state index contributed by atoms with van der Waals surface area (Å²) in [6.45, 7) is 4.13. The molecule has 4 heterocycles. The number of fused-ring (bicyclic) bond motifs is 2. The number of piperazine rings is 1. The lowest BCUT2D eigenvalue weighted by Crippen LogP contribution is -2.51. The Balaban J connectivity index is 1.34. The number of hydrogen-bond donors (Lipinski definition) is 0. The van der Waals surface area contributed by atoms with E-state index < -0.39 is 0 Å². The Morgan fingerprint density at radius 1 is 0.919 bits per heavy atom. The minimum atomic E-state index is -0.0963. The fourth-order valence-corrected chi connectivity index (χ4v) is 5.45. The van der Waals surface area contributed by atoms with Gasteiger partial charge in [0.1, 0.15) is 11.5 Å². The van der Waals surface area contributed by atoms with Gasteiger partial charge in [0.15, 0.2) is 0 Å². The van der Waals surface area contributed by atoms with E-state index in [-0.39, 0.29) is 11.8 Å². The molecule has 4 aromatic rings. The van der Waals surface area contributed by atoms with Gasteiger partial charge in [0.25, 0.3) is 11.8 Å². The largest absolute Gasteiger partial charge is 0.465 e. The van der Waals surface area contributed by atoms with Crippen molar-refractivity contribution in [1.82, 2.24) is 19.8 Å². The van der Waals surface area contributed by atoms with Gasteiger partial charge >= 0.3 is 0 Å². The lowest BCUT2D eigenvalue weighted by Gasteiger charge is -2.36. The number of amides is 2. The van der Waals surface area contributed by atoms with Crippen LogP contribution in [0, 0.1) is 5.92 Å². The molecule has 1 atom stereocenters. The Hall–Kier alpha value is -4.26. The fourth-order valence-electron chi connectivity index (χ4n) is 5.45. The molecule has 2 amide bonds. The number of allylic oxidation sites excluding steroid dienone is 1. The van der Waals surface area contributed by atoms with Crippen molar-refractivity contribution in [2.75, 3.05) is 26.2 Å². The molecule has 0 bridgehead atoms. The highest BCUT2D eigenvalue weighted by molar-refractivity contribution is 6.09. The Kier molecular flexibility index (Phi) is 6.04. The maximum absolute atomic E-state index is 14.1. The standard InChI is InChI=1S/C30H28N4O3/c1-20-17-21(19-22-7-6-16-37-22)28-24(18-20)27(23-8-2-3-9-25(23)32-28)30(36)34-14-12-33(13-15-34)29(35)26-10-4-5-11-31-26/h2-11,16,19-20H,12-15,17-18H2,1H3/b21-19-. The van der Waals surface area contributed by atoms with Gasteiger partial charge in [-0.15, -0.1) is 0 Å². The summed E-state index contributed by atoms with van der Waals surface area (Å²) in [5.41, 5.74) is 4.97. The molecule has 7 heteroatoms. The molecule has 1 aliphatic heterocycles. The molecule has 1 saturated heterocycles. The highest BCUT2D eigenvalue weighted by atomic mass is 16.3. The number of benzene rings is 1. The molecular weight excluding hydrogens is 464 g/mol. The lowest BCUT2D eigenvalue weighted by molar-refractivity contribution is 0.0532. The Morgan fingerprint density at radius 3 is 2.41 bits per heavy atom. The summed E-state index contributed by atoms with van der Waals surface area (Å²) in [6.07, 6.45) is 7.01. The summed E-state index contributed by atoms with van der Waals surface area (Å²) in [4.78, 5) is 39.8. The fraction of sp³-hybridized carbons (Fsp3) is 0.267. The zero-order valence-electron chi connectivity index (χ0n) is 20.8. The molecular formula is C30H28N4O3. The molecule has 37 heavy (non-hydrogen) atoms. The summed E-state index contributed by atoms with van der Waals surface area (Å²) in [5, 5.41) is 0.879. The molecule has 2 aliphatic rings. The third kappa shape index (κ3) is 4.42. The van der Waals surface area contributed by atoms with Gasteiger partial charge in [-0.3, -0.25) is 14.6 Å². The first-order valence-corrected chi connectivity index (χ1v) is 12.7. The van der Waals surface area contributed by atoms with E-state index in [0.717, 1.165) is 51.9 Å². The molecule has 1 aliphatic carbocycles. The van der Waals surface area contributed by atoms with Crippen LogP contribution < -0.4 is 0 Å². The molecule has 0 N–H and O–H groups in total. The highest BCUT2D eigenvalue weighted by Crippen LogP contribution is 2.39. The first-order chi connectivity index (χ1) is 18.1. The molecule has 7 nitrogen and oxygen atoms in total. The summed E-state index contributed by atoms with van der Waals surface area (Å²) in [6, 6.07) is 17.0. The normalized spacial score (nSPS) is 18.7. The predicted molar refractivity (Wildman–Crippen MR) is 142 cm³/mol. The molecule has 0 radical (unpaired) electrons. The van der Waals surface area contributed by atoms with Crippen LogP contribution in [0.25, 0.3) is 22.6 Å². The average Bonchev–Trinajstić information content (AvgIpc) is 3.45. The molecule has 1 unspecified atom stereocenters. The number of rotatable bonds is 3. The summed E-state index contributed by atoms with van der Waals surface area (Å²) < 4.78 is 5.59. The average molecular weight is 493 g/mol. The smallest absolute Gasteiger partial charge is 0.272 e. The van der Waals surface area contributed by atoms with Crippen molar-refractivity contribution in [2.24, 2.45) is 5.92 Å². The second kappa shape index (κ2) is 9.65. The highest BCUT2D eigenvalue weighted by Gasteiger charge is 2.32. The number of aromatic nitrogens is 2. The number of hydrogen-bond acceptors (Lipinski definition) is 5. The minimum absolute atomic E-state index is 0.00577. The number of carbonyl (C=O) groups excluding carboxylic acids is 2. The lowest BCUT2D eigenvalue weighted by atomic mass is 9.80. The van der Waals surface area contributed by atoms with E-state index in [4.69, 9.17) is 9.40 Å². The van der Waals surface area contributed by atoms with Crippen molar-refractivity contribution >= 4 is 34.4 Å². The van der Waals surface area contributed by atoms with Gasteiger partial charge in [-0.05, 0) is 66.3 Å². The van der Waals surface area contributed by atoms with Crippen LogP contribution >= 0.6 is 0 Å². The quantitative estimate of drug-likeness (QED) is 0.405. The van der Waals surface area contributed by atoms with Crippen molar-refractivity contribution in [1.29, 1.82) is 0 Å². The zero-order chi connectivity index (χ0) is 25.4. The first kappa shape index (κ1) is 23.2. The van der Waals surface area contributed by atoms with Crippen LogP contribution in [-0.4, -0.2) is 57.8 Å². The molecule has 0 spiro atoms. The van der Waals surface area contributed by atoms with E-state index in [9.17, 15) is 9.59 Å². The molecule has 186 valence electrons. The van der Waals surface area contributed by atoms with E-state index in [1.165, 1.54) is 0 Å². The predicted octanol–water partition coefficient (Wildman–Crippen LogP) is 4.94. The van der Waals surface area contributed by atoms with Crippen molar-refractivity contribution in [3.8, 4) is 0 Å². The van der Waals surface area contributed by atoms with E-state index in [1.807, 2.05) is 53.4 Å². The van der Waals surface area contributed by atoms with E-state index in [1.54, 1.807) is 29.5 Å². The van der Waals surface area contributed by atoms with E-state index >= 15 is 0 Å². The topological polar surface area (TPSA) is 79.5 Å². The van der Waals surface area contributed by atoms with Gasteiger partial charge < -0.3 is 14.2 Å². The Labute approximate surface area is 215 Å². The van der Waals surface area contributed by atoms with Crippen molar-refractivity contribution < 1.29 is 14.0 Å². The van der Waals surface area contributed by atoms with E-state index in [0.29, 0.717) is 37.8 Å². The third-order valence-electron chi connectivity index (χ3n) is 7.23. The number of pyridine rings is 2. The number of nitrogens with zero attached hydrogens (tertiary/aromatic N) is 4. The Morgan fingerprint density at radius 2 is 1.68 bits per heavy atom. The van der Waals surface area contributed by atoms with Gasteiger partial charge in [-0.2, -0.15) is 0 Å². The molecule has 0 saturated carbocycles. The van der Waals surface area contributed by atoms with Crippen LogP contribution in [0.15, 0.2) is 71.5 Å². The molecule has 3 aromatic heterocycles. The second-order valence-electron chi connectivity index (χ2n) is 9.83. The van der Waals surface area contributed by atoms with Crippen LogP contribution in [0.1, 0.15) is 51.2 Å². The van der Waals surface area contributed by atoms with Crippen LogP contribution in [0.5, 0.6) is 0 Å². The summed E-state index contributed by atoms with van der Waals surface area (Å²) >= 11 is 0. The van der Waals surface area contributed by atoms with Gasteiger partial charge in [-0.25, -0.2) is 4.98 Å². The van der Waals surface area contributed by atoms with Crippen LogP contribution in [0.3, 0.4) is 0 Å². The zero-order valence-corrected chi connectivity index (χ0v) is 20.8. The van der Waals surface area contributed by atoms with Crippen LogP contribution in [-0.2, 0) is 6.42 Å². The second-order valence-corrected chi connectivity index (χ2v) is 9.83. The summed E-state index contributed by atoms with van der Waals surface area (Å²) in [7, 11) is 0. The monoisotopic (exact) mass is 492 g/mol. The maximum atomic E-state index is 14.1. The van der Waals surface area contributed by atoms with Gasteiger partial charge in [-0.1, -0.05) is 31.2 Å². The number of furan rings is 1. The van der Waals surface area contributed by atoms with Gasteiger partial charge in [0.05, 0.1) is 23.0 Å². The SMILES string of the molecule is CC1C/C(=C/c2ccco2)c2nc3ccccc3c(C(=O)N3CCN(C(=O)c4ccccn4)CC3)c2C1. The van der Waals surface area contributed by atoms with Crippen molar-refractivity contribution in [3.05, 3.63) is 95.3 Å². The van der Waals surface area contributed by atoms with E-state index in [2.05, 4.69) is 11.9 Å². The number of para-hydroxylation sites is 1. The van der Waals surface area contributed by atoms with Crippen LogP contribution in [0.2, 0.25) is 0 Å². The first-order valence-electron chi connectivity index (χ1n) is 12.7. The van der Waals surface area contributed by atoms with Gasteiger partial charge in [0.2, 0.25) is 0 Å². The minimum Gasteiger partial charge on any atom is -0.465 e. The Bertz CT molecular complexity index is 1490. The van der Waals surface area contributed by atoms with Crippen molar-refractivity contribution in [3.63, 3.8) is 0 Å². The molecule has 1 aromatic carbocycles. The molecule has 6 rings (SSSR count). The summed E-state index contributed by atoms with van der Waals surface area (Å²) in [5.74, 6) is 1.06. The maximum Gasteiger partial charge on any atom is 0.272 e. The third-order valence-corrected chi connectivity index (χ3v) is 7.23. The van der Waals surface area contributed by atoms with Crippen LogP contribution in [0.4, 0.5) is 0 Å². The van der Waals surface area contributed by atoms with Crippen molar-refractivity contribution in [2.45, 2.75) is 19.8 Å².